The molecule has 102 valence electrons. The van der Waals surface area contributed by atoms with Crippen molar-refractivity contribution in [2.24, 2.45) is 0 Å². The fraction of sp³-hybridized carbons (Fsp3) is 0.357. The molecule has 2 rings (SSSR count). The minimum atomic E-state index is -0.241. The molecular formula is C14H17FN2OS. The molecule has 0 aliphatic carbocycles. The Hall–Kier alpha value is -1.46. The van der Waals surface area contributed by atoms with Crippen LogP contribution in [-0.2, 0) is 13.2 Å². The molecule has 0 radical (unpaired) electrons. The number of halogens is 1. The van der Waals surface area contributed by atoms with Crippen molar-refractivity contribution in [3.05, 3.63) is 46.2 Å². The molecule has 3 nitrogen and oxygen atoms in total. The van der Waals surface area contributed by atoms with Crippen molar-refractivity contribution < 1.29 is 9.13 Å². The van der Waals surface area contributed by atoms with Crippen molar-refractivity contribution in [3.63, 3.8) is 0 Å². The lowest BCUT2D eigenvalue weighted by Gasteiger charge is -2.11. The standard InChI is InChI=1S/C14H17FN2OS/c1-2-5-16-7-11-6-12(15)3-4-14(11)18-8-13-9-19-10-17-13/h3-4,6,9-10,16H,2,5,7-8H2,1H3. The van der Waals surface area contributed by atoms with E-state index in [-0.39, 0.29) is 5.82 Å². The van der Waals surface area contributed by atoms with Crippen LogP contribution in [0.15, 0.2) is 29.1 Å². The predicted molar refractivity (Wildman–Crippen MR) is 74.8 cm³/mol. The largest absolute Gasteiger partial charge is 0.487 e. The molecule has 0 aliphatic rings. The highest BCUT2D eigenvalue weighted by molar-refractivity contribution is 7.07. The molecule has 0 fully saturated rings. The highest BCUT2D eigenvalue weighted by atomic mass is 32.1. The normalized spacial score (nSPS) is 10.6. The van der Waals surface area contributed by atoms with Crippen molar-refractivity contribution in [2.75, 3.05) is 6.54 Å². The molecule has 5 heteroatoms. The summed E-state index contributed by atoms with van der Waals surface area (Å²) in [6.45, 7) is 4.02. The number of hydrogen-bond donors (Lipinski definition) is 1. The van der Waals surface area contributed by atoms with E-state index in [1.165, 1.54) is 23.5 Å². The van der Waals surface area contributed by atoms with Gasteiger partial charge in [-0.3, -0.25) is 0 Å². The zero-order valence-electron chi connectivity index (χ0n) is 10.9. The van der Waals surface area contributed by atoms with Crippen LogP contribution in [0.3, 0.4) is 0 Å². The van der Waals surface area contributed by atoms with Crippen molar-refractivity contribution in [3.8, 4) is 5.75 Å². The van der Waals surface area contributed by atoms with E-state index in [0.717, 1.165) is 24.2 Å². The van der Waals surface area contributed by atoms with Gasteiger partial charge in [0.05, 0.1) is 11.2 Å². The van der Waals surface area contributed by atoms with Crippen LogP contribution in [0.4, 0.5) is 4.39 Å². The highest BCUT2D eigenvalue weighted by Gasteiger charge is 2.06. The van der Waals surface area contributed by atoms with Crippen molar-refractivity contribution in [2.45, 2.75) is 26.5 Å². The molecule has 0 atom stereocenters. The van der Waals surface area contributed by atoms with Gasteiger partial charge in [-0.05, 0) is 31.2 Å². The second-order valence-corrected chi connectivity index (χ2v) is 4.92. The van der Waals surface area contributed by atoms with E-state index < -0.39 is 0 Å². The summed E-state index contributed by atoms with van der Waals surface area (Å²) in [5, 5.41) is 5.19. The quantitative estimate of drug-likeness (QED) is 0.790. The van der Waals surface area contributed by atoms with Crippen LogP contribution in [-0.4, -0.2) is 11.5 Å². The Morgan fingerprint density at radius 3 is 3.05 bits per heavy atom. The van der Waals surface area contributed by atoms with Crippen molar-refractivity contribution >= 4 is 11.3 Å². The molecule has 1 N–H and O–H groups in total. The molecule has 2 aromatic rings. The first-order chi connectivity index (χ1) is 9.29. The van der Waals surface area contributed by atoms with Crippen LogP contribution in [0, 0.1) is 5.82 Å². The Morgan fingerprint density at radius 1 is 1.42 bits per heavy atom. The Morgan fingerprint density at radius 2 is 2.32 bits per heavy atom. The molecular weight excluding hydrogens is 263 g/mol. The summed E-state index contributed by atoms with van der Waals surface area (Å²) in [6.07, 6.45) is 1.05. The average Bonchev–Trinajstić information content (AvgIpc) is 2.91. The molecule has 0 saturated carbocycles. The van der Waals surface area contributed by atoms with Gasteiger partial charge in [0.25, 0.3) is 0 Å². The molecule has 19 heavy (non-hydrogen) atoms. The van der Waals surface area contributed by atoms with Gasteiger partial charge in [-0.2, -0.15) is 0 Å². The minimum absolute atomic E-state index is 0.241. The number of nitrogens with one attached hydrogen (secondary N) is 1. The monoisotopic (exact) mass is 280 g/mol. The first-order valence-corrected chi connectivity index (χ1v) is 7.23. The van der Waals surface area contributed by atoms with Gasteiger partial charge in [-0.25, -0.2) is 9.37 Å². The Labute approximate surface area is 116 Å². The van der Waals surface area contributed by atoms with Gasteiger partial charge in [0.15, 0.2) is 0 Å². The topological polar surface area (TPSA) is 34.1 Å². The third kappa shape index (κ3) is 4.29. The minimum Gasteiger partial charge on any atom is -0.487 e. The van der Waals surface area contributed by atoms with E-state index in [9.17, 15) is 4.39 Å². The Balaban J connectivity index is 2.01. The van der Waals surface area contributed by atoms with Crippen LogP contribution < -0.4 is 10.1 Å². The highest BCUT2D eigenvalue weighted by Crippen LogP contribution is 2.21. The van der Waals surface area contributed by atoms with Crippen molar-refractivity contribution in [1.29, 1.82) is 0 Å². The van der Waals surface area contributed by atoms with Crippen molar-refractivity contribution in [1.82, 2.24) is 10.3 Å². The molecule has 0 bridgehead atoms. The fourth-order valence-corrected chi connectivity index (χ4v) is 2.23. The number of thiazole rings is 1. The zero-order valence-corrected chi connectivity index (χ0v) is 11.7. The summed E-state index contributed by atoms with van der Waals surface area (Å²) in [7, 11) is 0. The van der Waals surface area contributed by atoms with E-state index in [1.54, 1.807) is 11.6 Å². The number of ether oxygens (including phenoxy) is 1. The van der Waals surface area contributed by atoms with E-state index in [1.807, 2.05) is 5.38 Å². The molecule has 0 unspecified atom stereocenters. The lowest BCUT2D eigenvalue weighted by molar-refractivity contribution is 0.297. The summed E-state index contributed by atoms with van der Waals surface area (Å²) in [6, 6.07) is 4.60. The van der Waals surface area contributed by atoms with Gasteiger partial charge in [-0.1, -0.05) is 6.92 Å². The molecule has 1 aromatic carbocycles. The van der Waals surface area contributed by atoms with Gasteiger partial charge in [0, 0.05) is 17.5 Å². The van der Waals surface area contributed by atoms with E-state index in [0.29, 0.717) is 18.9 Å². The lowest BCUT2D eigenvalue weighted by Crippen LogP contribution is -2.15. The van der Waals surface area contributed by atoms with Gasteiger partial charge >= 0.3 is 0 Å². The third-order valence-corrected chi connectivity index (χ3v) is 3.26. The van der Waals surface area contributed by atoms with Crippen LogP contribution in [0.5, 0.6) is 5.75 Å². The molecule has 0 spiro atoms. The summed E-state index contributed by atoms with van der Waals surface area (Å²) in [5.41, 5.74) is 3.50. The van der Waals surface area contributed by atoms with E-state index >= 15 is 0 Å². The predicted octanol–water partition coefficient (Wildman–Crippen LogP) is 3.36. The first-order valence-electron chi connectivity index (χ1n) is 6.28. The average molecular weight is 280 g/mol. The second kappa shape index (κ2) is 7.21. The smallest absolute Gasteiger partial charge is 0.131 e. The maximum absolute atomic E-state index is 13.3. The van der Waals surface area contributed by atoms with Gasteiger partial charge in [-0.15, -0.1) is 11.3 Å². The number of nitrogens with zero attached hydrogens (tertiary/aromatic N) is 1. The number of benzene rings is 1. The van der Waals surface area contributed by atoms with E-state index in [2.05, 4.69) is 17.2 Å². The van der Waals surface area contributed by atoms with Gasteiger partial charge < -0.3 is 10.1 Å². The summed E-state index contributed by atoms with van der Waals surface area (Å²) in [5.74, 6) is 0.465. The second-order valence-electron chi connectivity index (χ2n) is 4.20. The Kier molecular flexibility index (Phi) is 5.30. The van der Waals surface area contributed by atoms with Crippen LogP contribution >= 0.6 is 11.3 Å². The van der Waals surface area contributed by atoms with Gasteiger partial charge in [0.1, 0.15) is 18.2 Å². The van der Waals surface area contributed by atoms with Gasteiger partial charge in [0.2, 0.25) is 0 Å². The van der Waals surface area contributed by atoms with E-state index in [4.69, 9.17) is 4.74 Å². The SMILES string of the molecule is CCCNCc1cc(F)ccc1OCc1cscn1. The summed E-state index contributed by atoms with van der Waals surface area (Å²) >= 11 is 1.53. The maximum atomic E-state index is 13.3. The Bertz CT molecular complexity index is 502. The van der Waals surface area contributed by atoms with Crippen LogP contribution in [0.2, 0.25) is 0 Å². The zero-order chi connectivity index (χ0) is 13.5. The summed E-state index contributed by atoms with van der Waals surface area (Å²) < 4.78 is 19.0. The molecule has 1 heterocycles. The first kappa shape index (κ1) is 14.0. The molecule has 0 aliphatic heterocycles. The van der Waals surface area contributed by atoms with Crippen LogP contribution in [0.25, 0.3) is 0 Å². The summed E-state index contributed by atoms with van der Waals surface area (Å²) in [4.78, 5) is 4.16. The third-order valence-electron chi connectivity index (χ3n) is 2.62. The fourth-order valence-electron chi connectivity index (χ4n) is 1.69. The van der Waals surface area contributed by atoms with Crippen LogP contribution in [0.1, 0.15) is 24.6 Å². The number of hydrogen-bond acceptors (Lipinski definition) is 4. The molecule has 0 saturated heterocycles. The molecule has 1 aromatic heterocycles. The maximum Gasteiger partial charge on any atom is 0.131 e. The molecule has 0 amide bonds. The number of aromatic nitrogens is 1. The number of rotatable bonds is 7. The lowest BCUT2D eigenvalue weighted by atomic mass is 10.2.